The zero-order valence-corrected chi connectivity index (χ0v) is 9.87. The summed E-state index contributed by atoms with van der Waals surface area (Å²) in [6.07, 6.45) is 0. The van der Waals surface area contributed by atoms with Gasteiger partial charge in [-0.05, 0) is 25.2 Å². The Labute approximate surface area is 96.0 Å². The van der Waals surface area contributed by atoms with Crippen LogP contribution < -0.4 is 10.5 Å². The highest BCUT2D eigenvalue weighted by molar-refractivity contribution is 5.52. The molecule has 0 spiro atoms. The lowest BCUT2D eigenvalue weighted by atomic mass is 10.3. The average molecular weight is 226 g/mol. The summed E-state index contributed by atoms with van der Waals surface area (Å²) in [6, 6.07) is 4.56. The van der Waals surface area contributed by atoms with Crippen molar-refractivity contribution in [1.29, 1.82) is 0 Å². The Kier molecular flexibility index (Phi) is 5.05. The maximum absolute atomic E-state index is 13.3. The summed E-state index contributed by atoms with van der Waals surface area (Å²) >= 11 is 0. The highest BCUT2D eigenvalue weighted by Gasteiger charge is 2.07. The van der Waals surface area contributed by atoms with Crippen molar-refractivity contribution in [1.82, 2.24) is 4.90 Å². The molecule has 0 aliphatic heterocycles. The Morgan fingerprint density at radius 3 is 2.56 bits per heavy atom. The quantitative estimate of drug-likeness (QED) is 0.755. The number of nitrogens with two attached hydrogens (primary N) is 1. The van der Waals surface area contributed by atoms with Gasteiger partial charge in [-0.2, -0.15) is 0 Å². The summed E-state index contributed by atoms with van der Waals surface area (Å²) in [5.74, 6) is -0.241. The summed E-state index contributed by atoms with van der Waals surface area (Å²) in [7, 11) is 0. The molecule has 0 aliphatic rings. The summed E-state index contributed by atoms with van der Waals surface area (Å²) in [6.45, 7) is 7.33. The monoisotopic (exact) mass is 226 g/mol. The second kappa shape index (κ2) is 6.33. The number of anilines is 1. The lowest BCUT2D eigenvalue weighted by molar-refractivity contribution is 0.218. The summed E-state index contributed by atoms with van der Waals surface area (Å²) < 4.78 is 18.7. The van der Waals surface area contributed by atoms with E-state index >= 15 is 0 Å². The predicted octanol–water partition coefficient (Wildman–Crippen LogP) is 2.13. The van der Waals surface area contributed by atoms with Crippen molar-refractivity contribution < 1.29 is 9.13 Å². The third kappa shape index (κ3) is 3.38. The van der Waals surface area contributed by atoms with Gasteiger partial charge in [0.25, 0.3) is 0 Å². The third-order valence-electron chi connectivity index (χ3n) is 2.55. The van der Waals surface area contributed by atoms with Gasteiger partial charge < -0.3 is 15.4 Å². The number of nitrogen functional groups attached to an aromatic ring is 1. The number of benzene rings is 1. The largest absolute Gasteiger partial charge is 0.487 e. The zero-order valence-electron chi connectivity index (χ0n) is 9.87. The van der Waals surface area contributed by atoms with Gasteiger partial charge in [0.15, 0.2) is 11.6 Å². The van der Waals surface area contributed by atoms with E-state index < -0.39 is 5.82 Å². The molecule has 2 N–H and O–H groups in total. The molecule has 4 heteroatoms. The van der Waals surface area contributed by atoms with Gasteiger partial charge in [0, 0.05) is 6.54 Å². The fraction of sp³-hybridized carbons (Fsp3) is 0.500. The zero-order chi connectivity index (χ0) is 12.0. The van der Waals surface area contributed by atoms with Crippen LogP contribution in [-0.2, 0) is 0 Å². The molecule has 0 aromatic heterocycles. The Hall–Kier alpha value is -1.29. The summed E-state index contributed by atoms with van der Waals surface area (Å²) in [5, 5.41) is 0. The van der Waals surface area contributed by atoms with Crippen molar-refractivity contribution in [3.8, 4) is 5.75 Å². The van der Waals surface area contributed by atoms with Crippen LogP contribution in [0.1, 0.15) is 13.8 Å². The third-order valence-corrected chi connectivity index (χ3v) is 2.55. The number of rotatable bonds is 6. The SMILES string of the molecule is CCN(CC)CCOc1c(N)cccc1F. The molecule has 3 nitrogen and oxygen atoms in total. The number of likely N-dealkylation sites (N-methyl/N-ethyl adjacent to an activating group) is 1. The van der Waals surface area contributed by atoms with Crippen LogP contribution in [0.25, 0.3) is 0 Å². The molecule has 0 unspecified atom stereocenters. The molecule has 0 radical (unpaired) electrons. The minimum atomic E-state index is -0.403. The van der Waals surface area contributed by atoms with Crippen molar-refractivity contribution in [2.45, 2.75) is 13.8 Å². The molecule has 1 aromatic rings. The minimum Gasteiger partial charge on any atom is -0.487 e. The molecule has 0 aliphatic carbocycles. The molecular weight excluding hydrogens is 207 g/mol. The fourth-order valence-electron chi connectivity index (χ4n) is 1.49. The van der Waals surface area contributed by atoms with Crippen molar-refractivity contribution in [2.24, 2.45) is 0 Å². The van der Waals surface area contributed by atoms with E-state index in [0.717, 1.165) is 19.6 Å². The van der Waals surface area contributed by atoms with Crippen molar-refractivity contribution >= 4 is 5.69 Å². The van der Waals surface area contributed by atoms with Gasteiger partial charge in [-0.15, -0.1) is 0 Å². The summed E-state index contributed by atoms with van der Waals surface area (Å²) in [4.78, 5) is 2.21. The first-order valence-electron chi connectivity index (χ1n) is 5.58. The normalized spacial score (nSPS) is 10.8. The second-order valence-corrected chi connectivity index (χ2v) is 3.53. The van der Waals surface area contributed by atoms with E-state index in [1.54, 1.807) is 12.1 Å². The van der Waals surface area contributed by atoms with Crippen molar-refractivity contribution in [3.05, 3.63) is 24.0 Å². The average Bonchev–Trinajstić information content (AvgIpc) is 2.28. The highest BCUT2D eigenvalue weighted by atomic mass is 19.1. The van der Waals surface area contributed by atoms with Crippen molar-refractivity contribution in [2.75, 3.05) is 32.0 Å². The van der Waals surface area contributed by atoms with Crippen molar-refractivity contribution in [3.63, 3.8) is 0 Å². The predicted molar refractivity (Wildman–Crippen MR) is 64.1 cm³/mol. The Bertz CT molecular complexity index is 307. The van der Waals surface area contributed by atoms with E-state index in [0.29, 0.717) is 12.3 Å². The Balaban J connectivity index is 2.48. The van der Waals surface area contributed by atoms with Crippen LogP contribution in [-0.4, -0.2) is 31.1 Å². The minimum absolute atomic E-state index is 0.162. The van der Waals surface area contributed by atoms with Gasteiger partial charge in [-0.1, -0.05) is 19.9 Å². The van der Waals surface area contributed by atoms with Gasteiger partial charge in [0.2, 0.25) is 0 Å². The van der Waals surface area contributed by atoms with Gasteiger partial charge in [0.05, 0.1) is 5.69 Å². The molecular formula is C12H19FN2O. The molecule has 0 saturated heterocycles. The van der Waals surface area contributed by atoms with Crippen LogP contribution in [0.2, 0.25) is 0 Å². The number of hydrogen-bond donors (Lipinski definition) is 1. The van der Waals surface area contributed by atoms with Crippen LogP contribution in [0, 0.1) is 5.82 Å². The maximum atomic E-state index is 13.3. The number of para-hydroxylation sites is 1. The fourth-order valence-corrected chi connectivity index (χ4v) is 1.49. The molecule has 0 fully saturated rings. The van der Waals surface area contributed by atoms with E-state index in [2.05, 4.69) is 18.7 Å². The molecule has 0 atom stereocenters. The molecule has 0 amide bonds. The molecule has 0 heterocycles. The highest BCUT2D eigenvalue weighted by Crippen LogP contribution is 2.24. The molecule has 90 valence electrons. The first-order chi connectivity index (χ1) is 7.69. The summed E-state index contributed by atoms with van der Waals surface area (Å²) in [5.41, 5.74) is 5.97. The topological polar surface area (TPSA) is 38.5 Å². The first kappa shape index (κ1) is 12.8. The van der Waals surface area contributed by atoms with E-state index in [4.69, 9.17) is 10.5 Å². The number of hydrogen-bond acceptors (Lipinski definition) is 3. The molecule has 1 aromatic carbocycles. The Morgan fingerprint density at radius 2 is 2.00 bits per heavy atom. The first-order valence-corrected chi connectivity index (χ1v) is 5.58. The van der Waals surface area contributed by atoms with E-state index in [9.17, 15) is 4.39 Å². The van der Waals surface area contributed by atoms with Crippen LogP contribution >= 0.6 is 0 Å². The lowest BCUT2D eigenvalue weighted by Crippen LogP contribution is -2.28. The molecule has 16 heavy (non-hydrogen) atoms. The Morgan fingerprint density at radius 1 is 1.31 bits per heavy atom. The maximum Gasteiger partial charge on any atom is 0.177 e. The van der Waals surface area contributed by atoms with Crippen LogP contribution in [0.4, 0.5) is 10.1 Å². The number of nitrogens with zero attached hydrogens (tertiary/aromatic N) is 1. The van der Waals surface area contributed by atoms with Crippen LogP contribution in [0.15, 0.2) is 18.2 Å². The van der Waals surface area contributed by atoms with Gasteiger partial charge in [-0.3, -0.25) is 0 Å². The molecule has 0 saturated carbocycles. The number of halogens is 1. The van der Waals surface area contributed by atoms with E-state index in [1.807, 2.05) is 0 Å². The van der Waals surface area contributed by atoms with E-state index in [1.165, 1.54) is 6.07 Å². The van der Waals surface area contributed by atoms with Crippen LogP contribution in [0.5, 0.6) is 5.75 Å². The second-order valence-electron chi connectivity index (χ2n) is 3.53. The number of ether oxygens (including phenoxy) is 1. The van der Waals surface area contributed by atoms with Crippen LogP contribution in [0.3, 0.4) is 0 Å². The smallest absolute Gasteiger partial charge is 0.177 e. The molecule has 0 bridgehead atoms. The van der Waals surface area contributed by atoms with Gasteiger partial charge in [0.1, 0.15) is 6.61 Å². The van der Waals surface area contributed by atoms with E-state index in [-0.39, 0.29) is 5.75 Å². The van der Waals surface area contributed by atoms with Gasteiger partial charge >= 0.3 is 0 Å². The standard InChI is InChI=1S/C12H19FN2O/c1-3-15(4-2)8-9-16-12-10(13)6-5-7-11(12)14/h5-7H,3-4,8-9,14H2,1-2H3. The molecule has 1 rings (SSSR count). The lowest BCUT2D eigenvalue weighted by Gasteiger charge is -2.18. The van der Waals surface area contributed by atoms with Gasteiger partial charge in [-0.25, -0.2) is 4.39 Å².